The Balaban J connectivity index is 3.24. The molecule has 0 aliphatic heterocycles. The molecule has 0 saturated carbocycles. The molecule has 1 aromatic carbocycles. The summed E-state index contributed by atoms with van der Waals surface area (Å²) in [7, 11) is 3.25. The van der Waals surface area contributed by atoms with E-state index in [0.29, 0.717) is 16.3 Å². The number of hydrogen-bond acceptors (Lipinski definition) is 3. The Morgan fingerprint density at radius 1 is 1.53 bits per heavy atom. The Morgan fingerprint density at radius 2 is 2.20 bits per heavy atom. The van der Waals surface area contributed by atoms with Gasteiger partial charge in [0, 0.05) is 0 Å². The molecule has 4 heteroatoms. The highest BCUT2D eigenvalue weighted by Crippen LogP contribution is 2.30. The molecule has 82 valence electrons. The molecule has 0 atom stereocenters. The van der Waals surface area contributed by atoms with Gasteiger partial charge in [0.1, 0.15) is 5.75 Å². The van der Waals surface area contributed by atoms with Crippen LogP contribution < -0.4 is 10.1 Å². The summed E-state index contributed by atoms with van der Waals surface area (Å²) in [5.41, 5.74) is 1.36. The van der Waals surface area contributed by atoms with Gasteiger partial charge >= 0.3 is 0 Å². The second kappa shape index (κ2) is 5.14. The number of Topliss-reactive ketones (excluding diaryl/α,β-unsaturated/α-hetero) is 1. The van der Waals surface area contributed by atoms with Crippen LogP contribution >= 0.6 is 11.6 Å². The predicted molar refractivity (Wildman–Crippen MR) is 61.0 cm³/mol. The summed E-state index contributed by atoms with van der Waals surface area (Å²) in [5.74, 6) is 0.491. The molecule has 0 fully saturated rings. The van der Waals surface area contributed by atoms with E-state index in [1.54, 1.807) is 13.1 Å². The van der Waals surface area contributed by atoms with E-state index in [1.807, 2.05) is 13.0 Å². The lowest BCUT2D eigenvalue weighted by Gasteiger charge is -2.11. The molecular formula is C11H14ClNO2. The Kier molecular flexibility index (Phi) is 4.12. The number of ketones is 1. The Labute approximate surface area is 94.4 Å². The van der Waals surface area contributed by atoms with Gasteiger partial charge in [0.15, 0.2) is 5.78 Å². The number of benzene rings is 1. The van der Waals surface area contributed by atoms with Crippen LogP contribution in [0.1, 0.15) is 15.9 Å². The number of carbonyl (C=O) groups is 1. The van der Waals surface area contributed by atoms with Crippen LogP contribution in [0.3, 0.4) is 0 Å². The van der Waals surface area contributed by atoms with Gasteiger partial charge < -0.3 is 10.1 Å². The average molecular weight is 228 g/mol. The fraction of sp³-hybridized carbons (Fsp3) is 0.364. The number of aryl methyl sites for hydroxylation is 1. The summed E-state index contributed by atoms with van der Waals surface area (Å²) < 4.78 is 5.19. The molecule has 0 heterocycles. The highest BCUT2D eigenvalue weighted by Gasteiger charge is 2.17. The van der Waals surface area contributed by atoms with E-state index < -0.39 is 0 Å². The van der Waals surface area contributed by atoms with E-state index in [-0.39, 0.29) is 12.3 Å². The van der Waals surface area contributed by atoms with E-state index in [4.69, 9.17) is 16.3 Å². The van der Waals surface area contributed by atoms with Crippen molar-refractivity contribution in [3.63, 3.8) is 0 Å². The van der Waals surface area contributed by atoms with Crippen molar-refractivity contribution in [1.82, 2.24) is 5.32 Å². The first kappa shape index (κ1) is 12.0. The van der Waals surface area contributed by atoms with Crippen LogP contribution in [0.25, 0.3) is 0 Å². The third-order valence-electron chi connectivity index (χ3n) is 2.12. The van der Waals surface area contributed by atoms with Gasteiger partial charge in [-0.15, -0.1) is 0 Å². The summed E-state index contributed by atoms with van der Waals surface area (Å²) >= 11 is 5.98. The summed E-state index contributed by atoms with van der Waals surface area (Å²) in [6.45, 7) is 2.13. The third-order valence-corrected chi connectivity index (χ3v) is 2.44. The molecule has 3 nitrogen and oxygen atoms in total. The fourth-order valence-corrected chi connectivity index (χ4v) is 1.69. The van der Waals surface area contributed by atoms with E-state index in [1.165, 1.54) is 7.11 Å². The van der Waals surface area contributed by atoms with Crippen molar-refractivity contribution in [3.8, 4) is 5.75 Å². The lowest BCUT2D eigenvalue weighted by Crippen LogP contribution is -2.19. The summed E-state index contributed by atoms with van der Waals surface area (Å²) in [6, 6.07) is 3.54. The molecule has 15 heavy (non-hydrogen) atoms. The number of hydrogen-bond donors (Lipinski definition) is 1. The second-order valence-corrected chi connectivity index (χ2v) is 3.63. The molecule has 1 rings (SSSR count). The predicted octanol–water partition coefficient (Wildman–Crippen LogP) is 2.06. The van der Waals surface area contributed by atoms with Crippen LogP contribution in [-0.2, 0) is 0 Å². The largest absolute Gasteiger partial charge is 0.496 e. The van der Waals surface area contributed by atoms with Crippen molar-refractivity contribution in [1.29, 1.82) is 0 Å². The van der Waals surface area contributed by atoms with E-state index in [0.717, 1.165) is 5.56 Å². The molecule has 0 aromatic heterocycles. The van der Waals surface area contributed by atoms with Gasteiger partial charge in [-0.25, -0.2) is 0 Å². The molecule has 0 radical (unpaired) electrons. The topological polar surface area (TPSA) is 38.3 Å². The SMILES string of the molecule is CNCC(=O)c1c(Cl)ccc(C)c1OC. The second-order valence-electron chi connectivity index (χ2n) is 3.23. The van der Waals surface area contributed by atoms with Crippen molar-refractivity contribution in [2.75, 3.05) is 20.7 Å². The van der Waals surface area contributed by atoms with Gasteiger partial charge in [-0.2, -0.15) is 0 Å². The van der Waals surface area contributed by atoms with Crippen molar-refractivity contribution in [2.24, 2.45) is 0 Å². The number of rotatable bonds is 4. The Hall–Kier alpha value is -1.06. The van der Waals surface area contributed by atoms with Gasteiger partial charge in [0.05, 0.1) is 24.2 Å². The Morgan fingerprint density at radius 3 is 2.73 bits per heavy atom. The summed E-state index contributed by atoms with van der Waals surface area (Å²) in [4.78, 5) is 11.8. The standard InChI is InChI=1S/C11H14ClNO2/c1-7-4-5-8(12)10(11(7)15-3)9(14)6-13-2/h4-5,13H,6H2,1-3H3. The highest BCUT2D eigenvalue weighted by atomic mass is 35.5. The first-order valence-corrected chi connectivity index (χ1v) is 5.00. The van der Waals surface area contributed by atoms with Crippen LogP contribution in [0.2, 0.25) is 5.02 Å². The van der Waals surface area contributed by atoms with Crippen molar-refractivity contribution in [3.05, 3.63) is 28.3 Å². The van der Waals surface area contributed by atoms with Crippen LogP contribution in [0.4, 0.5) is 0 Å². The minimum absolute atomic E-state index is 0.0666. The zero-order chi connectivity index (χ0) is 11.4. The highest BCUT2D eigenvalue weighted by molar-refractivity contribution is 6.34. The maximum atomic E-state index is 11.8. The first-order chi connectivity index (χ1) is 7.11. The van der Waals surface area contributed by atoms with Gasteiger partial charge in [0.2, 0.25) is 0 Å². The lowest BCUT2D eigenvalue weighted by atomic mass is 10.1. The summed E-state index contributed by atoms with van der Waals surface area (Å²) in [5, 5.41) is 3.23. The number of carbonyl (C=O) groups excluding carboxylic acids is 1. The van der Waals surface area contributed by atoms with Gasteiger partial charge in [-0.3, -0.25) is 4.79 Å². The third kappa shape index (κ3) is 2.49. The van der Waals surface area contributed by atoms with E-state index in [2.05, 4.69) is 5.32 Å². The van der Waals surface area contributed by atoms with Crippen molar-refractivity contribution >= 4 is 17.4 Å². The molecule has 0 aliphatic rings. The first-order valence-electron chi connectivity index (χ1n) is 4.62. The lowest BCUT2D eigenvalue weighted by molar-refractivity contribution is 0.0990. The zero-order valence-electron chi connectivity index (χ0n) is 9.06. The van der Waals surface area contributed by atoms with Crippen molar-refractivity contribution in [2.45, 2.75) is 6.92 Å². The van der Waals surface area contributed by atoms with Crippen LogP contribution in [0, 0.1) is 6.92 Å². The van der Waals surface area contributed by atoms with E-state index >= 15 is 0 Å². The molecule has 0 spiro atoms. The van der Waals surface area contributed by atoms with Gasteiger partial charge in [-0.05, 0) is 25.6 Å². The molecule has 0 saturated heterocycles. The van der Waals surface area contributed by atoms with Gasteiger partial charge in [0.25, 0.3) is 0 Å². The number of likely N-dealkylation sites (N-methyl/N-ethyl adjacent to an activating group) is 1. The maximum absolute atomic E-state index is 11.8. The summed E-state index contributed by atoms with van der Waals surface area (Å²) in [6.07, 6.45) is 0. The normalized spacial score (nSPS) is 10.1. The smallest absolute Gasteiger partial charge is 0.181 e. The molecule has 0 bridgehead atoms. The molecule has 1 aromatic rings. The minimum atomic E-state index is -0.0666. The monoisotopic (exact) mass is 227 g/mol. The molecule has 0 amide bonds. The molecule has 1 N–H and O–H groups in total. The number of nitrogens with one attached hydrogen (secondary N) is 1. The maximum Gasteiger partial charge on any atom is 0.181 e. The van der Waals surface area contributed by atoms with Gasteiger partial charge in [-0.1, -0.05) is 17.7 Å². The Bertz CT molecular complexity index is 377. The fourth-order valence-electron chi connectivity index (χ4n) is 1.43. The average Bonchev–Trinajstić information content (AvgIpc) is 2.21. The van der Waals surface area contributed by atoms with Crippen molar-refractivity contribution < 1.29 is 9.53 Å². The van der Waals surface area contributed by atoms with Crippen LogP contribution in [0.5, 0.6) is 5.75 Å². The zero-order valence-corrected chi connectivity index (χ0v) is 9.81. The number of ether oxygens (including phenoxy) is 1. The number of methoxy groups -OCH3 is 1. The quantitative estimate of drug-likeness (QED) is 0.801. The minimum Gasteiger partial charge on any atom is -0.496 e. The molecular weight excluding hydrogens is 214 g/mol. The number of halogens is 1. The van der Waals surface area contributed by atoms with Crippen LogP contribution in [0.15, 0.2) is 12.1 Å². The van der Waals surface area contributed by atoms with Crippen LogP contribution in [-0.4, -0.2) is 26.5 Å². The van der Waals surface area contributed by atoms with E-state index in [9.17, 15) is 4.79 Å². The molecule has 0 aliphatic carbocycles. The molecule has 0 unspecified atom stereocenters.